The third kappa shape index (κ3) is 4.74. The first-order chi connectivity index (χ1) is 20.3. The molecule has 0 saturated carbocycles. The number of methoxy groups -OCH3 is 1. The summed E-state index contributed by atoms with van der Waals surface area (Å²) in [6.45, 7) is 3.06. The Kier molecular flexibility index (Phi) is 7.10. The predicted octanol–water partition coefficient (Wildman–Crippen LogP) is 5.37. The number of fused-ring (bicyclic) bond motifs is 4. The number of nitrogens with zero attached hydrogens (tertiary/aromatic N) is 2. The zero-order valence-electron chi connectivity index (χ0n) is 23.6. The maximum absolute atomic E-state index is 13.2. The van der Waals surface area contributed by atoms with Crippen LogP contribution in [0, 0.1) is 0 Å². The number of nitrogens with one attached hydrogen (secondary N) is 1. The molecular weight excluding hydrogens is 534 g/mol. The van der Waals surface area contributed by atoms with E-state index in [1.54, 1.807) is 54.6 Å². The van der Waals surface area contributed by atoms with Gasteiger partial charge in [-0.05, 0) is 44.7 Å². The molecule has 1 atom stereocenters. The summed E-state index contributed by atoms with van der Waals surface area (Å²) in [7, 11) is 1.53. The van der Waals surface area contributed by atoms with Crippen LogP contribution in [0.4, 0.5) is 11.4 Å². The maximum atomic E-state index is 13.2. The quantitative estimate of drug-likeness (QED) is 0.287. The average molecular weight is 566 g/mol. The Morgan fingerprint density at radius 1 is 0.952 bits per heavy atom. The number of hydrogen-bond acceptors (Lipinski definition) is 7. The van der Waals surface area contributed by atoms with Crippen molar-refractivity contribution in [2.75, 3.05) is 25.6 Å². The third-order valence-electron chi connectivity index (χ3n) is 8.20. The van der Waals surface area contributed by atoms with Crippen LogP contribution in [-0.2, 0) is 4.79 Å². The Balaban J connectivity index is 1.07. The molecule has 3 aromatic carbocycles. The first-order valence-electron chi connectivity index (χ1n) is 14.1. The molecule has 0 bridgehead atoms. The van der Waals surface area contributed by atoms with Gasteiger partial charge in [-0.1, -0.05) is 36.4 Å². The van der Waals surface area contributed by atoms with Crippen LogP contribution in [0.3, 0.4) is 0 Å². The van der Waals surface area contributed by atoms with Crippen molar-refractivity contribution in [1.29, 1.82) is 0 Å². The van der Waals surface area contributed by atoms with E-state index >= 15 is 0 Å². The van der Waals surface area contributed by atoms with Crippen LogP contribution in [0.25, 0.3) is 0 Å². The van der Waals surface area contributed by atoms with E-state index < -0.39 is 5.54 Å². The number of aliphatic imine (C=N–C) groups is 1. The Bertz CT molecular complexity index is 1660. The van der Waals surface area contributed by atoms with E-state index in [-0.39, 0.29) is 35.4 Å². The van der Waals surface area contributed by atoms with Gasteiger partial charge in [0.25, 0.3) is 5.91 Å². The Morgan fingerprint density at radius 3 is 2.50 bits per heavy atom. The topological polar surface area (TPSA) is 114 Å². The van der Waals surface area contributed by atoms with Crippen LogP contribution < -0.4 is 14.8 Å². The summed E-state index contributed by atoms with van der Waals surface area (Å²) >= 11 is 0. The molecule has 0 aromatic heterocycles. The van der Waals surface area contributed by atoms with Gasteiger partial charge in [0.05, 0.1) is 41.8 Å². The minimum atomic E-state index is -0.392. The lowest BCUT2D eigenvalue weighted by Crippen LogP contribution is -2.45. The van der Waals surface area contributed by atoms with E-state index in [2.05, 4.69) is 10.3 Å². The molecule has 0 spiro atoms. The zero-order chi connectivity index (χ0) is 29.4. The van der Waals surface area contributed by atoms with Gasteiger partial charge >= 0.3 is 0 Å². The number of ether oxygens (including phenoxy) is 2. The summed E-state index contributed by atoms with van der Waals surface area (Å²) in [5.74, 6) is 0.107. The van der Waals surface area contributed by atoms with E-state index in [1.807, 2.05) is 18.0 Å². The van der Waals surface area contributed by atoms with Crippen LogP contribution >= 0.6 is 0 Å². The van der Waals surface area contributed by atoms with Gasteiger partial charge in [0.2, 0.25) is 5.91 Å². The number of ketones is 2. The van der Waals surface area contributed by atoms with Gasteiger partial charge in [-0.15, -0.1) is 0 Å². The maximum Gasteiger partial charge on any atom is 0.256 e. The van der Waals surface area contributed by atoms with Crippen LogP contribution in [0.5, 0.6) is 11.5 Å². The zero-order valence-corrected chi connectivity index (χ0v) is 23.6. The summed E-state index contributed by atoms with van der Waals surface area (Å²) in [6, 6.07) is 15.0. The van der Waals surface area contributed by atoms with E-state index in [0.717, 1.165) is 12.8 Å². The molecule has 1 N–H and O–H groups in total. The first kappa shape index (κ1) is 27.4. The molecule has 2 aliphatic heterocycles. The lowest BCUT2D eigenvalue weighted by Gasteiger charge is -2.30. The second-order valence-corrected chi connectivity index (χ2v) is 11.0. The molecule has 6 rings (SSSR count). The molecule has 214 valence electrons. The van der Waals surface area contributed by atoms with Crippen LogP contribution in [0.15, 0.2) is 59.6 Å². The predicted molar refractivity (Wildman–Crippen MR) is 158 cm³/mol. The van der Waals surface area contributed by atoms with Crippen LogP contribution in [0.1, 0.15) is 81.2 Å². The molecule has 1 saturated heterocycles. The third-order valence-corrected chi connectivity index (χ3v) is 8.20. The van der Waals surface area contributed by atoms with Crippen molar-refractivity contribution >= 4 is 41.0 Å². The molecule has 9 nitrogen and oxygen atoms in total. The number of anilines is 1. The molecule has 42 heavy (non-hydrogen) atoms. The molecule has 2 heterocycles. The van der Waals surface area contributed by atoms with Crippen molar-refractivity contribution in [2.45, 2.75) is 44.6 Å². The average Bonchev–Trinajstić information content (AvgIpc) is 3.35. The fraction of sp³-hybridized carbons (Fsp3) is 0.303. The highest BCUT2D eigenvalue weighted by atomic mass is 16.5. The number of benzene rings is 3. The number of carbonyl (C=O) groups excluding carboxylic acids is 4. The lowest BCUT2D eigenvalue weighted by molar-refractivity contribution is -0.116. The van der Waals surface area contributed by atoms with Gasteiger partial charge < -0.3 is 19.7 Å². The molecular formula is C33H31N3O6. The van der Waals surface area contributed by atoms with Gasteiger partial charge in [-0.25, -0.2) is 0 Å². The van der Waals surface area contributed by atoms with Gasteiger partial charge in [0, 0.05) is 41.9 Å². The Morgan fingerprint density at radius 2 is 1.71 bits per heavy atom. The minimum absolute atomic E-state index is 0.0617. The largest absolute Gasteiger partial charge is 0.493 e. The first-order valence-corrected chi connectivity index (χ1v) is 14.1. The summed E-state index contributed by atoms with van der Waals surface area (Å²) in [6.07, 6.45) is 5.00. The number of rotatable bonds is 8. The van der Waals surface area contributed by atoms with Crippen molar-refractivity contribution in [3.63, 3.8) is 0 Å². The number of hydrogen-bond donors (Lipinski definition) is 1. The van der Waals surface area contributed by atoms with E-state index in [9.17, 15) is 19.2 Å². The van der Waals surface area contributed by atoms with Crippen LogP contribution in [-0.4, -0.2) is 60.3 Å². The molecule has 3 aliphatic rings. The second kappa shape index (κ2) is 10.9. The molecule has 1 fully saturated rings. The monoisotopic (exact) mass is 565 g/mol. The Hall–Kier alpha value is -4.79. The fourth-order valence-corrected chi connectivity index (χ4v) is 5.94. The normalized spacial score (nSPS) is 18.5. The highest BCUT2D eigenvalue weighted by molar-refractivity contribution is 6.30. The van der Waals surface area contributed by atoms with E-state index in [4.69, 9.17) is 9.47 Å². The van der Waals surface area contributed by atoms with Gasteiger partial charge in [0.15, 0.2) is 23.1 Å². The number of carbonyl (C=O) groups is 4. The standard InChI is InChI=1S/C33H31N3O6/c1-33-14-8-15-36(33)32(40)23-17-26(41-2)27(18-25(23)34-19-33)42-16-6-5-13-28(37)35-24-12-7-11-22-29(24)31(39)21-10-4-3-9-20(21)30(22)38/h3-4,7,9-12,17-19H,5-6,8,13-16H2,1-2H3,(H,35,37)/t33-/m0/s1. The highest BCUT2D eigenvalue weighted by Gasteiger charge is 2.41. The van der Waals surface area contributed by atoms with E-state index in [0.29, 0.717) is 71.1 Å². The van der Waals surface area contributed by atoms with E-state index in [1.165, 1.54) is 7.11 Å². The minimum Gasteiger partial charge on any atom is -0.493 e. The number of unbranched alkanes of at least 4 members (excludes halogenated alkanes) is 1. The molecule has 3 aromatic rings. The fourth-order valence-electron chi connectivity index (χ4n) is 5.94. The SMILES string of the molecule is COc1cc2c(cc1OCCCCC(=O)Nc1cccc3c1C(=O)c1ccccc1C3=O)N=C[C@]1(C)CCCN1C2=O. The van der Waals surface area contributed by atoms with Crippen molar-refractivity contribution in [3.8, 4) is 11.5 Å². The van der Waals surface area contributed by atoms with Gasteiger partial charge in [0.1, 0.15) is 0 Å². The van der Waals surface area contributed by atoms with Crippen molar-refractivity contribution in [2.24, 2.45) is 4.99 Å². The van der Waals surface area contributed by atoms with Gasteiger partial charge in [-0.3, -0.25) is 24.2 Å². The molecule has 0 radical (unpaired) electrons. The number of amides is 2. The molecule has 0 unspecified atom stereocenters. The van der Waals surface area contributed by atoms with Crippen molar-refractivity contribution in [1.82, 2.24) is 4.90 Å². The summed E-state index contributed by atoms with van der Waals surface area (Å²) in [4.78, 5) is 58.6. The van der Waals surface area contributed by atoms with Crippen molar-refractivity contribution in [3.05, 3.63) is 82.4 Å². The second-order valence-electron chi connectivity index (χ2n) is 11.0. The molecule has 2 amide bonds. The van der Waals surface area contributed by atoms with Gasteiger partial charge in [-0.2, -0.15) is 0 Å². The summed E-state index contributed by atoms with van der Waals surface area (Å²) in [5.41, 5.74) is 2.21. The smallest absolute Gasteiger partial charge is 0.256 e. The molecule has 1 aliphatic carbocycles. The Labute approximate surface area is 243 Å². The molecule has 9 heteroatoms. The van der Waals surface area contributed by atoms with Crippen molar-refractivity contribution < 1.29 is 28.7 Å². The van der Waals surface area contributed by atoms with Crippen LogP contribution in [0.2, 0.25) is 0 Å². The highest BCUT2D eigenvalue weighted by Crippen LogP contribution is 2.40. The summed E-state index contributed by atoms with van der Waals surface area (Å²) < 4.78 is 11.5. The summed E-state index contributed by atoms with van der Waals surface area (Å²) in [5, 5.41) is 2.82. The lowest BCUT2D eigenvalue weighted by atomic mass is 9.83.